The highest BCUT2D eigenvalue weighted by Gasteiger charge is 2.17. The number of nitrogens with one attached hydrogen (secondary N) is 1. The quantitative estimate of drug-likeness (QED) is 0.861. The minimum atomic E-state index is 0.864. The summed E-state index contributed by atoms with van der Waals surface area (Å²) in [7, 11) is 4.13. The van der Waals surface area contributed by atoms with Gasteiger partial charge in [-0.1, -0.05) is 6.92 Å². The molecule has 2 rings (SSSR count). The average molecular weight is 357 g/mol. The Morgan fingerprint density at radius 3 is 2.85 bits per heavy atom. The first-order valence-corrected chi connectivity index (χ1v) is 8.37. The Morgan fingerprint density at radius 1 is 1.50 bits per heavy atom. The van der Waals surface area contributed by atoms with E-state index in [1.165, 1.54) is 20.7 Å². The van der Waals surface area contributed by atoms with Crippen molar-refractivity contribution in [2.24, 2.45) is 7.05 Å². The summed E-state index contributed by atoms with van der Waals surface area (Å²) in [5.74, 6) is 1.19. The lowest BCUT2D eigenvalue weighted by atomic mass is 10.2. The van der Waals surface area contributed by atoms with E-state index in [1.54, 1.807) is 11.3 Å². The Balaban J connectivity index is 2.21. The van der Waals surface area contributed by atoms with E-state index < -0.39 is 0 Å². The number of aryl methyl sites for hydroxylation is 2. The van der Waals surface area contributed by atoms with Gasteiger partial charge in [-0.2, -0.15) is 5.10 Å². The van der Waals surface area contributed by atoms with Crippen LogP contribution in [0.3, 0.4) is 0 Å². The molecule has 0 aliphatic heterocycles. The summed E-state index contributed by atoms with van der Waals surface area (Å²) in [5, 5.41) is 10.1. The maximum Gasteiger partial charge on any atom is 0.131 e. The molecule has 20 heavy (non-hydrogen) atoms. The van der Waals surface area contributed by atoms with Crippen molar-refractivity contribution in [3.63, 3.8) is 0 Å². The summed E-state index contributed by atoms with van der Waals surface area (Å²) in [6.45, 7) is 6.92. The van der Waals surface area contributed by atoms with Crippen LogP contribution in [0, 0.1) is 6.92 Å². The molecule has 0 saturated heterocycles. The topological polar surface area (TPSA) is 33.1 Å². The van der Waals surface area contributed by atoms with Gasteiger partial charge in [0, 0.05) is 32.7 Å². The molecule has 0 aromatic carbocycles. The van der Waals surface area contributed by atoms with Crippen LogP contribution in [0.4, 0.5) is 5.82 Å². The predicted octanol–water partition coefficient (Wildman–Crippen LogP) is 3.30. The average Bonchev–Trinajstić information content (AvgIpc) is 2.90. The molecule has 110 valence electrons. The second-order valence-electron chi connectivity index (χ2n) is 4.91. The van der Waals surface area contributed by atoms with E-state index in [1.807, 2.05) is 11.7 Å². The van der Waals surface area contributed by atoms with Crippen LogP contribution < -0.4 is 10.2 Å². The van der Waals surface area contributed by atoms with E-state index in [9.17, 15) is 0 Å². The van der Waals surface area contributed by atoms with Gasteiger partial charge in [0.15, 0.2) is 0 Å². The molecule has 0 unspecified atom stereocenters. The van der Waals surface area contributed by atoms with Crippen molar-refractivity contribution in [3.8, 4) is 0 Å². The van der Waals surface area contributed by atoms with E-state index in [-0.39, 0.29) is 0 Å². The summed E-state index contributed by atoms with van der Waals surface area (Å²) >= 11 is 5.24. The molecule has 6 heteroatoms. The monoisotopic (exact) mass is 356 g/mol. The summed E-state index contributed by atoms with van der Waals surface area (Å²) in [5.41, 5.74) is 3.70. The van der Waals surface area contributed by atoms with Crippen LogP contribution in [0.2, 0.25) is 0 Å². The highest BCUT2D eigenvalue weighted by atomic mass is 79.9. The van der Waals surface area contributed by atoms with Gasteiger partial charge in [0.2, 0.25) is 0 Å². The lowest BCUT2D eigenvalue weighted by molar-refractivity contribution is 0.709. The van der Waals surface area contributed by atoms with Crippen LogP contribution in [0.25, 0.3) is 0 Å². The molecule has 0 radical (unpaired) electrons. The van der Waals surface area contributed by atoms with E-state index in [2.05, 4.69) is 63.6 Å². The fourth-order valence-corrected chi connectivity index (χ4v) is 3.60. The van der Waals surface area contributed by atoms with Crippen LogP contribution in [-0.2, 0) is 20.1 Å². The second-order valence-corrected chi connectivity index (χ2v) is 7.20. The van der Waals surface area contributed by atoms with Gasteiger partial charge in [-0.05, 0) is 46.4 Å². The third kappa shape index (κ3) is 3.42. The number of thiophene rings is 1. The van der Waals surface area contributed by atoms with Crippen LogP contribution >= 0.6 is 27.3 Å². The van der Waals surface area contributed by atoms with Gasteiger partial charge in [-0.3, -0.25) is 4.68 Å². The number of rotatable bonds is 6. The summed E-state index contributed by atoms with van der Waals surface area (Å²) < 4.78 is 3.15. The maximum absolute atomic E-state index is 4.56. The fourth-order valence-electron chi connectivity index (χ4n) is 2.40. The molecule has 2 heterocycles. The van der Waals surface area contributed by atoms with Gasteiger partial charge in [-0.25, -0.2) is 0 Å². The molecule has 2 aromatic heterocycles. The van der Waals surface area contributed by atoms with Crippen LogP contribution in [0.5, 0.6) is 0 Å². The Hall–Kier alpha value is -0.850. The van der Waals surface area contributed by atoms with Crippen molar-refractivity contribution in [3.05, 3.63) is 32.1 Å². The normalized spacial score (nSPS) is 11.1. The zero-order valence-corrected chi connectivity index (χ0v) is 14.8. The smallest absolute Gasteiger partial charge is 0.131 e. The van der Waals surface area contributed by atoms with Gasteiger partial charge < -0.3 is 10.2 Å². The first kappa shape index (κ1) is 15.5. The molecule has 0 atom stereocenters. The van der Waals surface area contributed by atoms with E-state index >= 15 is 0 Å². The minimum Gasteiger partial charge on any atom is -0.355 e. The fraction of sp³-hybridized carbons (Fsp3) is 0.500. The predicted molar refractivity (Wildman–Crippen MR) is 89.5 cm³/mol. The number of hydrogen-bond donors (Lipinski definition) is 1. The summed E-state index contributed by atoms with van der Waals surface area (Å²) in [6, 6.07) is 2.17. The SMILES string of the molecule is CCNCc1c(C)nn(C)c1N(C)Cc1csc(Br)c1. The van der Waals surface area contributed by atoms with E-state index in [4.69, 9.17) is 0 Å². The first-order valence-electron chi connectivity index (χ1n) is 6.70. The van der Waals surface area contributed by atoms with Gasteiger partial charge in [-0.15, -0.1) is 11.3 Å². The van der Waals surface area contributed by atoms with Crippen LogP contribution in [0.1, 0.15) is 23.7 Å². The Labute approximate surface area is 132 Å². The Kier molecular flexibility index (Phi) is 5.23. The van der Waals surface area contributed by atoms with Crippen molar-refractivity contribution in [1.29, 1.82) is 0 Å². The third-order valence-corrected chi connectivity index (χ3v) is 4.82. The lowest BCUT2D eigenvalue weighted by Crippen LogP contribution is -2.22. The van der Waals surface area contributed by atoms with Gasteiger partial charge in [0.1, 0.15) is 5.82 Å². The van der Waals surface area contributed by atoms with Gasteiger partial charge in [0.25, 0.3) is 0 Å². The standard InChI is InChI=1S/C14H21BrN4S/c1-5-16-7-12-10(2)17-19(4)14(12)18(3)8-11-6-13(15)20-9-11/h6,9,16H,5,7-8H2,1-4H3. The van der Waals surface area contributed by atoms with Crippen molar-refractivity contribution in [1.82, 2.24) is 15.1 Å². The zero-order chi connectivity index (χ0) is 14.7. The maximum atomic E-state index is 4.56. The highest BCUT2D eigenvalue weighted by molar-refractivity contribution is 9.11. The summed E-state index contributed by atoms with van der Waals surface area (Å²) in [4.78, 5) is 2.27. The molecule has 0 saturated carbocycles. The van der Waals surface area contributed by atoms with Gasteiger partial charge in [0.05, 0.1) is 9.48 Å². The third-order valence-electron chi connectivity index (χ3n) is 3.27. The minimum absolute atomic E-state index is 0.864. The van der Waals surface area contributed by atoms with Crippen LogP contribution in [-0.4, -0.2) is 23.4 Å². The summed E-state index contributed by atoms with van der Waals surface area (Å²) in [6.07, 6.45) is 0. The first-order chi connectivity index (χ1) is 9.52. The Morgan fingerprint density at radius 2 is 2.25 bits per heavy atom. The molecule has 4 nitrogen and oxygen atoms in total. The molecular formula is C14H21BrN4S. The molecule has 0 aliphatic carbocycles. The van der Waals surface area contributed by atoms with Crippen molar-refractivity contribution in [2.45, 2.75) is 26.9 Å². The molecule has 0 aliphatic rings. The number of nitrogens with zero attached hydrogens (tertiary/aromatic N) is 3. The van der Waals surface area contributed by atoms with Gasteiger partial charge >= 0.3 is 0 Å². The number of hydrogen-bond acceptors (Lipinski definition) is 4. The molecule has 0 spiro atoms. The van der Waals surface area contributed by atoms with E-state index in [0.717, 1.165) is 25.3 Å². The lowest BCUT2D eigenvalue weighted by Gasteiger charge is -2.20. The number of aromatic nitrogens is 2. The molecule has 1 N–H and O–H groups in total. The van der Waals surface area contributed by atoms with Crippen molar-refractivity contribution >= 4 is 33.1 Å². The number of halogens is 1. The largest absolute Gasteiger partial charge is 0.355 e. The zero-order valence-electron chi connectivity index (χ0n) is 12.4. The molecule has 0 bridgehead atoms. The second kappa shape index (κ2) is 6.74. The number of anilines is 1. The van der Waals surface area contributed by atoms with E-state index in [0.29, 0.717) is 0 Å². The highest BCUT2D eigenvalue weighted by Crippen LogP contribution is 2.26. The van der Waals surface area contributed by atoms with Crippen molar-refractivity contribution < 1.29 is 0 Å². The van der Waals surface area contributed by atoms with Crippen LogP contribution in [0.15, 0.2) is 15.2 Å². The molecule has 2 aromatic rings. The van der Waals surface area contributed by atoms with Crippen molar-refractivity contribution in [2.75, 3.05) is 18.5 Å². The Bertz CT molecular complexity index is 576. The molecule has 0 fully saturated rings. The molecular weight excluding hydrogens is 336 g/mol. The molecule has 0 amide bonds.